The molecule has 1 N–H and O–H groups in total. The molecule has 0 saturated heterocycles. The number of unbranched alkanes of at least 4 members (excludes halogenated alkanes) is 2. The Morgan fingerprint density at radius 1 is 1.00 bits per heavy atom. The average Bonchev–Trinajstić information content (AvgIpc) is 2.65. The molecule has 0 aromatic carbocycles. The molecule has 0 radical (unpaired) electrons. The lowest BCUT2D eigenvalue weighted by atomic mass is 10.1. The largest absolute Gasteiger partial charge is 0.444 e. The van der Waals surface area contributed by atoms with Crippen LogP contribution in [0.25, 0.3) is 0 Å². The van der Waals surface area contributed by atoms with Crippen molar-refractivity contribution < 1.29 is 23.9 Å². The number of Topliss-reactive ketones (excluding diaryl/α,β-unsaturated/α-hetero) is 1. The van der Waals surface area contributed by atoms with Gasteiger partial charge in [-0.3, -0.25) is 9.69 Å². The normalized spacial score (nSPS) is 11.6. The van der Waals surface area contributed by atoms with E-state index in [1.807, 2.05) is 6.92 Å². The zero-order valence-corrected chi connectivity index (χ0v) is 20.6. The third-order valence-corrected chi connectivity index (χ3v) is 4.19. The number of alkyl carbamates (subject to hydrolysis) is 1. The van der Waals surface area contributed by atoms with Gasteiger partial charge in [0.1, 0.15) is 17.0 Å². The van der Waals surface area contributed by atoms with Gasteiger partial charge in [-0.05, 0) is 72.9 Å². The van der Waals surface area contributed by atoms with E-state index in [1.165, 1.54) is 4.90 Å². The Bertz CT molecular complexity index is 766. The molecule has 32 heavy (non-hydrogen) atoms. The number of hydrogen-bond donors (Lipinski definition) is 1. The molecule has 1 heterocycles. The smallest absolute Gasteiger partial charge is 0.416 e. The summed E-state index contributed by atoms with van der Waals surface area (Å²) in [6, 6.07) is 3.38. The van der Waals surface area contributed by atoms with Gasteiger partial charge >= 0.3 is 12.2 Å². The molecule has 2 amide bonds. The summed E-state index contributed by atoms with van der Waals surface area (Å²) < 4.78 is 10.7. The molecule has 0 aliphatic carbocycles. The molecule has 0 unspecified atom stereocenters. The molecule has 1 rings (SSSR count). The number of carbonyl (C=O) groups is 3. The SMILES string of the molecule is CCCCN(C(=O)OC(C)(C)C)c1ncccc1C(=O)CCCCNC(=O)OC(C)(C)C. The van der Waals surface area contributed by atoms with E-state index in [4.69, 9.17) is 9.47 Å². The topological polar surface area (TPSA) is 97.8 Å². The number of nitrogens with one attached hydrogen (secondary N) is 1. The molecular formula is C24H39N3O5. The number of aromatic nitrogens is 1. The summed E-state index contributed by atoms with van der Waals surface area (Å²) in [5.74, 6) is 0.225. The predicted molar refractivity (Wildman–Crippen MR) is 125 cm³/mol. The number of hydrogen-bond acceptors (Lipinski definition) is 6. The van der Waals surface area contributed by atoms with E-state index >= 15 is 0 Å². The molecule has 0 spiro atoms. The van der Waals surface area contributed by atoms with Gasteiger partial charge in [0.2, 0.25) is 0 Å². The first-order valence-corrected chi connectivity index (χ1v) is 11.3. The molecule has 0 aliphatic heterocycles. The Morgan fingerprint density at radius 3 is 2.25 bits per heavy atom. The highest BCUT2D eigenvalue weighted by Gasteiger charge is 2.27. The van der Waals surface area contributed by atoms with Gasteiger partial charge in [-0.1, -0.05) is 13.3 Å². The molecule has 1 aromatic heterocycles. The zero-order valence-electron chi connectivity index (χ0n) is 20.6. The van der Waals surface area contributed by atoms with Crippen molar-refractivity contribution in [1.29, 1.82) is 0 Å². The standard InChI is InChI=1S/C24H39N3O5/c1-8-9-17-27(22(30)32-24(5,6)7)20-18(13-12-16-25-20)19(28)14-10-11-15-26-21(29)31-23(2,3)4/h12-13,16H,8-11,14-15,17H2,1-7H3,(H,26,29). The third kappa shape index (κ3) is 10.6. The minimum atomic E-state index is -0.651. The van der Waals surface area contributed by atoms with Crippen molar-refractivity contribution in [3.63, 3.8) is 0 Å². The maximum Gasteiger partial charge on any atom is 0.416 e. The Morgan fingerprint density at radius 2 is 1.66 bits per heavy atom. The third-order valence-electron chi connectivity index (χ3n) is 4.19. The fourth-order valence-electron chi connectivity index (χ4n) is 2.80. The molecule has 0 fully saturated rings. The van der Waals surface area contributed by atoms with E-state index < -0.39 is 23.4 Å². The molecule has 8 nitrogen and oxygen atoms in total. The van der Waals surface area contributed by atoms with Crippen LogP contribution in [0, 0.1) is 0 Å². The summed E-state index contributed by atoms with van der Waals surface area (Å²) in [6.07, 6.45) is 3.74. The van der Waals surface area contributed by atoms with Crippen LogP contribution < -0.4 is 10.2 Å². The van der Waals surface area contributed by atoms with Crippen molar-refractivity contribution >= 4 is 23.8 Å². The second-order valence-corrected chi connectivity index (χ2v) is 9.67. The minimum Gasteiger partial charge on any atom is -0.444 e. The Hall–Kier alpha value is -2.64. The highest BCUT2D eigenvalue weighted by molar-refractivity contribution is 6.03. The number of anilines is 1. The summed E-state index contributed by atoms with van der Waals surface area (Å²) in [4.78, 5) is 43.2. The van der Waals surface area contributed by atoms with Crippen molar-refractivity contribution in [2.24, 2.45) is 0 Å². The molecule has 1 aromatic rings. The number of ether oxygens (including phenoxy) is 2. The number of pyridine rings is 1. The quantitative estimate of drug-likeness (QED) is 0.374. The van der Waals surface area contributed by atoms with Crippen LogP contribution in [0.1, 0.15) is 90.9 Å². The summed E-state index contributed by atoms with van der Waals surface area (Å²) in [7, 11) is 0. The Balaban J connectivity index is 2.77. The van der Waals surface area contributed by atoms with Gasteiger partial charge in [0.25, 0.3) is 0 Å². The molecule has 0 saturated carbocycles. The van der Waals surface area contributed by atoms with Gasteiger partial charge in [-0.15, -0.1) is 0 Å². The maximum atomic E-state index is 12.9. The van der Waals surface area contributed by atoms with E-state index in [0.717, 1.165) is 12.8 Å². The van der Waals surface area contributed by atoms with Crippen molar-refractivity contribution in [3.8, 4) is 0 Å². The first-order valence-electron chi connectivity index (χ1n) is 11.3. The molecule has 0 atom stereocenters. The first kappa shape index (κ1) is 27.4. The lowest BCUT2D eigenvalue weighted by molar-refractivity contribution is 0.0525. The second-order valence-electron chi connectivity index (χ2n) is 9.67. The van der Waals surface area contributed by atoms with Gasteiger partial charge < -0.3 is 14.8 Å². The summed E-state index contributed by atoms with van der Waals surface area (Å²) >= 11 is 0. The number of rotatable bonds is 10. The van der Waals surface area contributed by atoms with Gasteiger partial charge in [-0.25, -0.2) is 14.6 Å². The van der Waals surface area contributed by atoms with E-state index in [-0.39, 0.29) is 12.2 Å². The molecule has 8 heteroatoms. The van der Waals surface area contributed by atoms with Crippen LogP contribution in [0.2, 0.25) is 0 Å². The summed E-state index contributed by atoms with van der Waals surface area (Å²) in [5, 5.41) is 2.69. The second kappa shape index (κ2) is 12.4. The fraction of sp³-hybridized carbons (Fsp3) is 0.667. The number of amides is 2. The van der Waals surface area contributed by atoms with Crippen LogP contribution in [0.4, 0.5) is 15.4 Å². The van der Waals surface area contributed by atoms with E-state index in [0.29, 0.717) is 37.3 Å². The Labute approximate surface area is 192 Å². The van der Waals surface area contributed by atoms with Crippen LogP contribution in [-0.2, 0) is 9.47 Å². The van der Waals surface area contributed by atoms with E-state index in [1.54, 1.807) is 59.9 Å². The van der Waals surface area contributed by atoms with Crippen LogP contribution in [0.3, 0.4) is 0 Å². The maximum absolute atomic E-state index is 12.9. The Kier molecular flexibility index (Phi) is 10.6. The monoisotopic (exact) mass is 449 g/mol. The number of nitrogens with zero attached hydrogens (tertiary/aromatic N) is 2. The van der Waals surface area contributed by atoms with Crippen LogP contribution in [0.15, 0.2) is 18.3 Å². The zero-order chi connectivity index (χ0) is 24.4. The van der Waals surface area contributed by atoms with Gasteiger partial charge in [-0.2, -0.15) is 0 Å². The highest BCUT2D eigenvalue weighted by atomic mass is 16.6. The van der Waals surface area contributed by atoms with Gasteiger partial charge in [0.15, 0.2) is 5.78 Å². The number of carbonyl (C=O) groups excluding carboxylic acids is 3. The lowest BCUT2D eigenvalue weighted by Crippen LogP contribution is -2.38. The van der Waals surface area contributed by atoms with Crippen molar-refractivity contribution in [2.45, 2.75) is 91.8 Å². The predicted octanol–water partition coefficient (Wildman–Crippen LogP) is 5.50. The average molecular weight is 450 g/mol. The van der Waals surface area contributed by atoms with Crippen LogP contribution >= 0.6 is 0 Å². The fourth-order valence-corrected chi connectivity index (χ4v) is 2.80. The highest BCUT2D eigenvalue weighted by Crippen LogP contribution is 2.23. The van der Waals surface area contributed by atoms with Gasteiger partial charge in [0.05, 0.1) is 5.56 Å². The van der Waals surface area contributed by atoms with Crippen molar-refractivity contribution in [1.82, 2.24) is 10.3 Å². The van der Waals surface area contributed by atoms with Crippen molar-refractivity contribution in [3.05, 3.63) is 23.9 Å². The molecule has 0 aliphatic rings. The van der Waals surface area contributed by atoms with E-state index in [2.05, 4.69) is 10.3 Å². The van der Waals surface area contributed by atoms with E-state index in [9.17, 15) is 14.4 Å². The summed E-state index contributed by atoms with van der Waals surface area (Å²) in [6.45, 7) is 13.7. The minimum absolute atomic E-state index is 0.101. The molecule has 0 bridgehead atoms. The van der Waals surface area contributed by atoms with Crippen LogP contribution in [0.5, 0.6) is 0 Å². The first-order chi connectivity index (χ1) is 14.8. The lowest BCUT2D eigenvalue weighted by Gasteiger charge is -2.27. The van der Waals surface area contributed by atoms with Crippen LogP contribution in [-0.4, -0.2) is 47.2 Å². The summed E-state index contributed by atoms with van der Waals surface area (Å²) in [5.41, 5.74) is -0.800. The molecular weight excluding hydrogens is 410 g/mol. The van der Waals surface area contributed by atoms with Crippen molar-refractivity contribution in [2.75, 3.05) is 18.0 Å². The molecule has 180 valence electrons. The number of ketones is 1. The van der Waals surface area contributed by atoms with Gasteiger partial charge in [0, 0.05) is 25.7 Å².